The Balaban J connectivity index is 2.75. The van der Waals surface area contributed by atoms with Crippen molar-refractivity contribution in [1.82, 2.24) is 0 Å². The van der Waals surface area contributed by atoms with Gasteiger partial charge in [-0.2, -0.15) is 5.26 Å². The van der Waals surface area contributed by atoms with Gasteiger partial charge >= 0.3 is 0 Å². The van der Waals surface area contributed by atoms with Crippen LogP contribution >= 0.6 is 23.8 Å². The molecule has 0 heterocycles. The number of amides is 1. The van der Waals surface area contributed by atoms with Crippen LogP contribution < -0.4 is 11.1 Å². The lowest BCUT2D eigenvalue weighted by atomic mass is 10.1. The van der Waals surface area contributed by atoms with Crippen LogP contribution in [-0.2, 0) is 4.79 Å². The van der Waals surface area contributed by atoms with Crippen molar-refractivity contribution in [2.75, 3.05) is 5.32 Å². The highest BCUT2D eigenvalue weighted by Gasteiger charge is 2.19. The highest BCUT2D eigenvalue weighted by Crippen LogP contribution is 2.14. The zero-order chi connectivity index (χ0) is 12.1. The molecule has 1 aromatic rings. The van der Waals surface area contributed by atoms with E-state index >= 15 is 0 Å². The van der Waals surface area contributed by atoms with Crippen LogP contribution in [-0.4, -0.2) is 10.9 Å². The Hall–Kier alpha value is -1.64. The zero-order valence-electron chi connectivity index (χ0n) is 8.11. The number of anilines is 1. The molecule has 0 bridgehead atoms. The molecule has 1 rings (SSSR count). The van der Waals surface area contributed by atoms with Gasteiger partial charge in [0.2, 0.25) is 5.91 Å². The minimum absolute atomic E-state index is 0.0809. The maximum Gasteiger partial charge on any atom is 0.241 e. The highest BCUT2D eigenvalue weighted by molar-refractivity contribution is 7.80. The van der Waals surface area contributed by atoms with Gasteiger partial charge in [-0.15, -0.1) is 0 Å². The molecule has 0 radical (unpaired) electrons. The summed E-state index contributed by atoms with van der Waals surface area (Å²) in [5.74, 6) is -1.89. The molecule has 1 unspecified atom stereocenters. The number of carbonyl (C=O) groups excluding carboxylic acids is 1. The van der Waals surface area contributed by atoms with Gasteiger partial charge in [0, 0.05) is 10.7 Å². The molecule has 0 aliphatic rings. The number of nitrogens with two attached hydrogens (primary N) is 1. The molecule has 3 N–H and O–H groups in total. The summed E-state index contributed by atoms with van der Waals surface area (Å²) in [5, 5.41) is 12.0. The third-order valence-electron chi connectivity index (χ3n) is 1.79. The van der Waals surface area contributed by atoms with Gasteiger partial charge in [0.1, 0.15) is 4.99 Å². The Bertz CT molecular complexity index is 452. The molecule has 0 aromatic heterocycles. The first-order chi connectivity index (χ1) is 7.54. The van der Waals surface area contributed by atoms with Crippen molar-refractivity contribution in [2.24, 2.45) is 11.7 Å². The lowest BCUT2D eigenvalue weighted by Crippen LogP contribution is -2.32. The lowest BCUT2D eigenvalue weighted by molar-refractivity contribution is -0.118. The molecule has 1 atom stereocenters. The van der Waals surface area contributed by atoms with Crippen LogP contribution in [0, 0.1) is 17.2 Å². The minimum Gasteiger partial charge on any atom is -0.368 e. The predicted octanol–water partition coefficient (Wildman–Crippen LogP) is 1.70. The molecule has 1 amide bonds. The van der Waals surface area contributed by atoms with Crippen molar-refractivity contribution in [3.63, 3.8) is 0 Å². The van der Waals surface area contributed by atoms with Crippen LogP contribution in [0.3, 0.4) is 0 Å². The van der Waals surface area contributed by atoms with Crippen molar-refractivity contribution in [2.45, 2.75) is 0 Å². The number of benzene rings is 1. The van der Waals surface area contributed by atoms with Crippen LogP contribution in [0.4, 0.5) is 5.69 Å². The number of hydrogen-bond donors (Lipinski definition) is 2. The molecule has 16 heavy (non-hydrogen) atoms. The fraction of sp³-hybridized carbons (Fsp3) is 0.100. The monoisotopic (exact) mass is 253 g/mol. The maximum atomic E-state index is 10.9. The smallest absolute Gasteiger partial charge is 0.241 e. The number of nitrogens with zero attached hydrogens (tertiary/aromatic N) is 1. The predicted molar refractivity (Wildman–Crippen MR) is 66.0 cm³/mol. The van der Waals surface area contributed by atoms with E-state index in [4.69, 9.17) is 34.8 Å². The quantitative estimate of drug-likeness (QED) is 0.804. The molecule has 4 nitrogen and oxygen atoms in total. The van der Waals surface area contributed by atoms with E-state index in [1.54, 1.807) is 30.3 Å². The van der Waals surface area contributed by atoms with Crippen LogP contribution in [0.15, 0.2) is 24.3 Å². The van der Waals surface area contributed by atoms with E-state index in [9.17, 15) is 4.79 Å². The highest BCUT2D eigenvalue weighted by atomic mass is 35.5. The number of thiocarbonyl (C=S) groups is 1. The summed E-state index contributed by atoms with van der Waals surface area (Å²) >= 11 is 10.6. The number of rotatable bonds is 3. The Kier molecular flexibility index (Phi) is 4.23. The van der Waals surface area contributed by atoms with Gasteiger partial charge in [-0.1, -0.05) is 23.8 Å². The Morgan fingerprint density at radius 3 is 2.50 bits per heavy atom. The summed E-state index contributed by atoms with van der Waals surface area (Å²) in [7, 11) is 0. The second-order valence-corrected chi connectivity index (χ2v) is 3.84. The fourth-order valence-corrected chi connectivity index (χ4v) is 1.41. The van der Waals surface area contributed by atoms with Crippen molar-refractivity contribution < 1.29 is 4.79 Å². The van der Waals surface area contributed by atoms with Gasteiger partial charge in [0.25, 0.3) is 0 Å². The first-order valence-corrected chi connectivity index (χ1v) is 5.08. The van der Waals surface area contributed by atoms with E-state index in [2.05, 4.69) is 5.32 Å². The third-order valence-corrected chi connectivity index (χ3v) is 2.38. The third kappa shape index (κ3) is 3.19. The van der Waals surface area contributed by atoms with E-state index in [1.807, 2.05) is 0 Å². The molecular formula is C10H8ClN3OS. The van der Waals surface area contributed by atoms with Gasteiger partial charge in [-0.3, -0.25) is 4.79 Å². The Morgan fingerprint density at radius 1 is 1.50 bits per heavy atom. The summed E-state index contributed by atoms with van der Waals surface area (Å²) < 4.78 is 0. The Morgan fingerprint density at radius 2 is 2.06 bits per heavy atom. The molecule has 0 aliphatic carbocycles. The first kappa shape index (κ1) is 12.4. The number of hydrogen-bond acceptors (Lipinski definition) is 3. The van der Waals surface area contributed by atoms with E-state index in [1.165, 1.54) is 0 Å². The molecule has 0 spiro atoms. The zero-order valence-corrected chi connectivity index (χ0v) is 9.68. The second-order valence-electron chi connectivity index (χ2n) is 2.96. The first-order valence-electron chi connectivity index (χ1n) is 4.30. The lowest BCUT2D eigenvalue weighted by Gasteiger charge is -2.10. The van der Waals surface area contributed by atoms with Gasteiger partial charge < -0.3 is 11.1 Å². The average Bonchev–Trinajstić information content (AvgIpc) is 2.22. The van der Waals surface area contributed by atoms with E-state index in [0.29, 0.717) is 10.7 Å². The van der Waals surface area contributed by atoms with Crippen molar-refractivity contribution in [3.8, 4) is 6.07 Å². The number of carbonyl (C=O) groups is 1. The molecule has 0 saturated heterocycles. The molecular weight excluding hydrogens is 246 g/mol. The summed E-state index contributed by atoms with van der Waals surface area (Å²) in [6.07, 6.45) is 0. The van der Waals surface area contributed by atoms with Gasteiger partial charge in [0.05, 0.1) is 6.07 Å². The molecule has 82 valence electrons. The molecule has 0 fully saturated rings. The van der Waals surface area contributed by atoms with Crippen LogP contribution in [0.5, 0.6) is 0 Å². The SMILES string of the molecule is N#CC(C(N)=O)C(=S)Nc1ccc(Cl)cc1. The molecule has 0 saturated carbocycles. The summed E-state index contributed by atoms with van der Waals surface area (Å²) in [6.45, 7) is 0. The van der Waals surface area contributed by atoms with E-state index in [0.717, 1.165) is 0 Å². The normalized spacial score (nSPS) is 11.2. The van der Waals surface area contributed by atoms with Gasteiger partial charge in [-0.05, 0) is 24.3 Å². The summed E-state index contributed by atoms with van der Waals surface area (Å²) in [4.78, 5) is 10.9. The van der Waals surface area contributed by atoms with Crippen LogP contribution in [0.1, 0.15) is 0 Å². The number of halogens is 1. The summed E-state index contributed by atoms with van der Waals surface area (Å²) in [5.41, 5.74) is 5.66. The largest absolute Gasteiger partial charge is 0.368 e. The maximum absolute atomic E-state index is 10.9. The van der Waals surface area contributed by atoms with Crippen molar-refractivity contribution >= 4 is 40.4 Å². The van der Waals surface area contributed by atoms with E-state index < -0.39 is 11.8 Å². The number of nitriles is 1. The molecule has 0 aliphatic heterocycles. The standard InChI is InChI=1S/C10H8ClN3OS/c11-6-1-3-7(4-2-6)14-10(16)8(5-12)9(13)15/h1-4,8H,(H2,13,15)(H,14,16). The summed E-state index contributed by atoms with van der Waals surface area (Å²) in [6, 6.07) is 8.43. The average molecular weight is 254 g/mol. The van der Waals surface area contributed by atoms with Crippen molar-refractivity contribution in [3.05, 3.63) is 29.3 Å². The van der Waals surface area contributed by atoms with Crippen molar-refractivity contribution in [1.29, 1.82) is 5.26 Å². The number of primary amides is 1. The molecule has 1 aromatic carbocycles. The van der Waals surface area contributed by atoms with Crippen LogP contribution in [0.2, 0.25) is 5.02 Å². The van der Waals surface area contributed by atoms with E-state index in [-0.39, 0.29) is 4.99 Å². The number of nitrogens with one attached hydrogen (secondary N) is 1. The fourth-order valence-electron chi connectivity index (χ4n) is 0.999. The van der Waals surface area contributed by atoms with Gasteiger partial charge in [0.15, 0.2) is 5.92 Å². The van der Waals surface area contributed by atoms with Gasteiger partial charge in [-0.25, -0.2) is 0 Å². The van der Waals surface area contributed by atoms with Crippen LogP contribution in [0.25, 0.3) is 0 Å². The minimum atomic E-state index is -1.12. The molecule has 6 heteroatoms. The Labute approximate surface area is 103 Å². The topological polar surface area (TPSA) is 78.9 Å². The second kappa shape index (κ2) is 5.45.